The fourth-order valence-electron chi connectivity index (χ4n) is 1.13. The van der Waals surface area contributed by atoms with Crippen LogP contribution in [0.3, 0.4) is 0 Å². The summed E-state index contributed by atoms with van der Waals surface area (Å²) in [6.45, 7) is 0.619. The molecule has 5 heteroatoms. The van der Waals surface area contributed by atoms with Gasteiger partial charge in [0.1, 0.15) is 11.9 Å². The second-order valence-electron chi connectivity index (χ2n) is 3.21. The molecule has 1 aromatic rings. The van der Waals surface area contributed by atoms with E-state index in [4.69, 9.17) is 10.8 Å². The topological polar surface area (TPSA) is 82.3 Å². The molecule has 4 N–H and O–H groups in total. The largest absolute Gasteiger partial charge is 0.480 e. The van der Waals surface area contributed by atoms with Gasteiger partial charge in [-0.25, -0.2) is 0 Å². The van der Waals surface area contributed by atoms with Crippen LogP contribution in [0.15, 0.2) is 18.3 Å². The van der Waals surface area contributed by atoms with Crippen LogP contribution in [0.2, 0.25) is 0 Å². The van der Waals surface area contributed by atoms with E-state index >= 15 is 0 Å². The first-order chi connectivity index (χ1) is 6.61. The number of nitrogens with one attached hydrogen (secondary N) is 1. The summed E-state index contributed by atoms with van der Waals surface area (Å²) in [7, 11) is 1.89. The van der Waals surface area contributed by atoms with Crippen molar-refractivity contribution in [1.82, 2.24) is 4.98 Å². The van der Waals surface area contributed by atoms with Gasteiger partial charge in [-0.2, -0.15) is 0 Å². The van der Waals surface area contributed by atoms with Gasteiger partial charge in [-0.1, -0.05) is 0 Å². The van der Waals surface area contributed by atoms with Crippen molar-refractivity contribution in [3.05, 3.63) is 18.3 Å². The van der Waals surface area contributed by atoms with Gasteiger partial charge in [0.2, 0.25) is 0 Å². The van der Waals surface area contributed by atoms with Crippen LogP contribution in [-0.4, -0.2) is 35.7 Å². The molecule has 14 heavy (non-hydrogen) atoms. The van der Waals surface area contributed by atoms with Crippen LogP contribution >= 0.6 is 0 Å². The number of hydrogen-bond acceptors (Lipinski definition) is 3. The molecule has 0 saturated heterocycles. The van der Waals surface area contributed by atoms with Crippen LogP contribution in [0, 0.1) is 0 Å². The monoisotopic (exact) mass is 197 g/mol. The average Bonchev–Trinajstić information content (AvgIpc) is 2.66. The molecule has 1 rings (SSSR count). The third-order valence-corrected chi connectivity index (χ3v) is 2.09. The Kier molecular flexibility index (Phi) is 3.53. The van der Waals surface area contributed by atoms with Gasteiger partial charge in [0.05, 0.1) is 0 Å². The Morgan fingerprint density at radius 2 is 2.50 bits per heavy atom. The number of carbonyl (C=O) groups is 1. The van der Waals surface area contributed by atoms with E-state index in [1.54, 1.807) is 0 Å². The van der Waals surface area contributed by atoms with Crippen molar-refractivity contribution in [3.63, 3.8) is 0 Å². The molecule has 0 aliphatic carbocycles. The Morgan fingerprint density at radius 1 is 1.79 bits per heavy atom. The molecule has 78 valence electrons. The molecule has 1 unspecified atom stereocenters. The second-order valence-corrected chi connectivity index (χ2v) is 3.21. The van der Waals surface area contributed by atoms with Crippen LogP contribution in [0.25, 0.3) is 0 Å². The lowest BCUT2D eigenvalue weighted by atomic mass is 10.2. The number of carboxylic acids is 1. The minimum absolute atomic E-state index is 0.435. The molecule has 0 bridgehead atoms. The Morgan fingerprint density at radius 3 is 3.00 bits per heavy atom. The lowest BCUT2D eigenvalue weighted by Gasteiger charge is -2.18. The van der Waals surface area contributed by atoms with Gasteiger partial charge in [-0.3, -0.25) is 4.79 Å². The van der Waals surface area contributed by atoms with Crippen molar-refractivity contribution in [2.45, 2.75) is 12.5 Å². The Labute approximate surface area is 82.5 Å². The van der Waals surface area contributed by atoms with Gasteiger partial charge >= 0.3 is 5.97 Å². The molecular weight excluding hydrogens is 182 g/mol. The molecule has 1 heterocycles. The van der Waals surface area contributed by atoms with E-state index < -0.39 is 12.0 Å². The SMILES string of the molecule is CN(CCC(N)C(=O)O)c1ccc[nH]1. The first kappa shape index (κ1) is 10.6. The van der Waals surface area contributed by atoms with E-state index in [9.17, 15) is 4.79 Å². The summed E-state index contributed by atoms with van der Waals surface area (Å²) in [5, 5.41) is 8.57. The van der Waals surface area contributed by atoms with Gasteiger partial charge < -0.3 is 20.7 Å². The number of H-pyrrole nitrogens is 1. The molecule has 0 spiro atoms. The number of hydrogen-bond donors (Lipinski definition) is 3. The highest BCUT2D eigenvalue weighted by Gasteiger charge is 2.12. The number of aromatic amines is 1. The zero-order valence-electron chi connectivity index (χ0n) is 8.10. The average molecular weight is 197 g/mol. The summed E-state index contributed by atoms with van der Waals surface area (Å²) in [6.07, 6.45) is 2.26. The molecule has 0 radical (unpaired) electrons. The third-order valence-electron chi connectivity index (χ3n) is 2.09. The lowest BCUT2D eigenvalue weighted by Crippen LogP contribution is -2.34. The summed E-state index contributed by atoms with van der Waals surface area (Å²) in [6, 6.07) is 3.03. The van der Waals surface area contributed by atoms with E-state index in [-0.39, 0.29) is 0 Å². The molecule has 0 aliphatic rings. The van der Waals surface area contributed by atoms with Crippen LogP contribution in [0.1, 0.15) is 6.42 Å². The Balaban J connectivity index is 2.35. The Bertz CT molecular complexity index is 284. The Hall–Kier alpha value is -1.49. The summed E-state index contributed by atoms with van der Waals surface area (Å²) < 4.78 is 0. The fraction of sp³-hybridized carbons (Fsp3) is 0.444. The van der Waals surface area contributed by atoms with Crippen molar-refractivity contribution < 1.29 is 9.90 Å². The highest BCUT2D eigenvalue weighted by atomic mass is 16.4. The number of carboxylic acid groups (broad SMARTS) is 1. The first-order valence-electron chi connectivity index (χ1n) is 4.44. The molecule has 0 saturated carbocycles. The lowest BCUT2D eigenvalue weighted by molar-refractivity contribution is -0.138. The van der Waals surface area contributed by atoms with Crippen LogP contribution in [-0.2, 0) is 4.79 Å². The van der Waals surface area contributed by atoms with Crippen molar-refractivity contribution >= 4 is 11.8 Å². The third kappa shape index (κ3) is 2.77. The highest BCUT2D eigenvalue weighted by molar-refractivity contribution is 5.73. The van der Waals surface area contributed by atoms with Crippen molar-refractivity contribution in [2.24, 2.45) is 5.73 Å². The van der Waals surface area contributed by atoms with Gasteiger partial charge in [0.15, 0.2) is 0 Å². The zero-order valence-corrected chi connectivity index (χ0v) is 8.10. The molecule has 0 aromatic carbocycles. The molecule has 1 atom stereocenters. The maximum absolute atomic E-state index is 10.4. The number of aliphatic carboxylic acids is 1. The molecule has 0 aliphatic heterocycles. The smallest absolute Gasteiger partial charge is 0.320 e. The molecule has 0 amide bonds. The minimum atomic E-state index is -0.954. The van der Waals surface area contributed by atoms with Crippen molar-refractivity contribution in [1.29, 1.82) is 0 Å². The number of nitrogens with two attached hydrogens (primary N) is 1. The number of anilines is 1. The van der Waals surface area contributed by atoms with E-state index in [0.717, 1.165) is 5.82 Å². The summed E-state index contributed by atoms with van der Waals surface area (Å²) in [5.41, 5.74) is 5.38. The van der Waals surface area contributed by atoms with Crippen LogP contribution < -0.4 is 10.6 Å². The van der Waals surface area contributed by atoms with E-state index in [2.05, 4.69) is 4.98 Å². The van der Waals surface area contributed by atoms with E-state index in [1.165, 1.54) is 0 Å². The quantitative estimate of drug-likeness (QED) is 0.632. The summed E-state index contributed by atoms with van der Waals surface area (Å²) >= 11 is 0. The van der Waals surface area contributed by atoms with Gasteiger partial charge in [0, 0.05) is 19.8 Å². The number of nitrogens with zero attached hydrogens (tertiary/aromatic N) is 1. The normalized spacial score (nSPS) is 12.4. The van der Waals surface area contributed by atoms with E-state index in [1.807, 2.05) is 30.3 Å². The van der Waals surface area contributed by atoms with Gasteiger partial charge in [-0.15, -0.1) is 0 Å². The maximum Gasteiger partial charge on any atom is 0.320 e. The minimum Gasteiger partial charge on any atom is -0.480 e. The summed E-state index contributed by atoms with van der Waals surface area (Å²) in [4.78, 5) is 15.4. The summed E-state index contributed by atoms with van der Waals surface area (Å²) in [5.74, 6) is 0.00692. The molecular formula is C9H15N3O2. The van der Waals surface area contributed by atoms with Gasteiger partial charge in [-0.05, 0) is 18.6 Å². The number of rotatable bonds is 5. The zero-order chi connectivity index (χ0) is 10.6. The predicted molar refractivity (Wildman–Crippen MR) is 54.3 cm³/mol. The van der Waals surface area contributed by atoms with Crippen LogP contribution in [0.5, 0.6) is 0 Å². The fourth-order valence-corrected chi connectivity index (χ4v) is 1.13. The van der Waals surface area contributed by atoms with E-state index in [0.29, 0.717) is 13.0 Å². The molecule has 0 fully saturated rings. The standard InChI is InChI=1S/C9H15N3O2/c1-12(8-3-2-5-11-8)6-4-7(10)9(13)14/h2-3,5,7,11H,4,6,10H2,1H3,(H,13,14). The van der Waals surface area contributed by atoms with Gasteiger partial charge in [0.25, 0.3) is 0 Å². The number of aromatic nitrogens is 1. The molecule has 1 aromatic heterocycles. The van der Waals surface area contributed by atoms with Crippen molar-refractivity contribution in [2.75, 3.05) is 18.5 Å². The second kappa shape index (κ2) is 4.66. The van der Waals surface area contributed by atoms with Crippen molar-refractivity contribution in [3.8, 4) is 0 Å². The first-order valence-corrected chi connectivity index (χ1v) is 4.44. The predicted octanol–water partition coefficient (Wildman–Crippen LogP) is 0.253. The molecule has 5 nitrogen and oxygen atoms in total. The van der Waals surface area contributed by atoms with Crippen LogP contribution in [0.4, 0.5) is 5.82 Å². The maximum atomic E-state index is 10.4. The highest BCUT2D eigenvalue weighted by Crippen LogP contribution is 2.08.